The van der Waals surface area contributed by atoms with Gasteiger partial charge in [-0.25, -0.2) is 0 Å². The summed E-state index contributed by atoms with van der Waals surface area (Å²) >= 11 is 0. The van der Waals surface area contributed by atoms with Crippen LogP contribution in [0.4, 0.5) is 5.69 Å². The molecule has 1 heterocycles. The predicted octanol–water partition coefficient (Wildman–Crippen LogP) is 6.10. The fourth-order valence-corrected chi connectivity index (χ4v) is 4.48. The molecule has 4 rings (SSSR count). The molecule has 0 aliphatic heterocycles. The van der Waals surface area contributed by atoms with Crippen LogP contribution in [0.5, 0.6) is 0 Å². The number of hydrogen-bond donors (Lipinski definition) is 1. The number of fused-ring (bicyclic) bond motifs is 1. The molecule has 1 fully saturated rings. The molecule has 1 aliphatic rings. The van der Waals surface area contributed by atoms with E-state index in [0.29, 0.717) is 6.42 Å². The number of nitrogens with one attached hydrogen (secondary N) is 1. The van der Waals surface area contributed by atoms with Gasteiger partial charge in [-0.15, -0.1) is 0 Å². The van der Waals surface area contributed by atoms with Crippen molar-refractivity contribution in [3.8, 4) is 0 Å². The second-order valence-electron chi connectivity index (χ2n) is 8.25. The van der Waals surface area contributed by atoms with Gasteiger partial charge in [0, 0.05) is 24.5 Å². The third-order valence-electron chi connectivity index (χ3n) is 5.97. The van der Waals surface area contributed by atoms with Crippen molar-refractivity contribution >= 4 is 22.5 Å². The van der Waals surface area contributed by atoms with Crippen LogP contribution in [-0.4, -0.2) is 10.5 Å². The Morgan fingerprint density at radius 3 is 2.71 bits per heavy atom. The first kappa shape index (κ1) is 18.8. The highest BCUT2D eigenvalue weighted by atomic mass is 16.1. The van der Waals surface area contributed by atoms with Crippen LogP contribution in [0.25, 0.3) is 10.9 Å². The number of rotatable bonds is 6. The third kappa shape index (κ3) is 4.46. The molecule has 28 heavy (non-hydrogen) atoms. The number of hydrogen-bond acceptors (Lipinski definition) is 1. The summed E-state index contributed by atoms with van der Waals surface area (Å²) in [6, 6.07) is 16.8. The largest absolute Gasteiger partial charge is 0.345 e. The Labute approximate surface area is 167 Å². The molecule has 146 valence electrons. The van der Waals surface area contributed by atoms with Crippen LogP contribution in [0.1, 0.15) is 49.7 Å². The van der Waals surface area contributed by atoms with Gasteiger partial charge in [-0.2, -0.15) is 0 Å². The monoisotopic (exact) mass is 374 g/mol. The second kappa shape index (κ2) is 8.64. The van der Waals surface area contributed by atoms with Gasteiger partial charge in [0.1, 0.15) is 0 Å². The molecule has 3 aromatic rings. The summed E-state index contributed by atoms with van der Waals surface area (Å²) in [7, 11) is 0. The Bertz CT molecular complexity index is 950. The average molecular weight is 375 g/mol. The lowest BCUT2D eigenvalue weighted by Gasteiger charge is -2.22. The van der Waals surface area contributed by atoms with Gasteiger partial charge in [0.05, 0.1) is 11.2 Å². The lowest BCUT2D eigenvalue weighted by Crippen LogP contribution is -2.14. The number of carbonyl (C=O) groups excluding carboxylic acids is 1. The molecule has 0 radical (unpaired) electrons. The Hall–Kier alpha value is -2.55. The van der Waals surface area contributed by atoms with Crippen molar-refractivity contribution in [3.05, 3.63) is 65.9 Å². The van der Waals surface area contributed by atoms with E-state index in [-0.39, 0.29) is 5.91 Å². The SMILES string of the molecule is Cc1cccc(CCC(=O)Nc2cn(CC3CCCCC3)c3ccccc23)c1. The molecule has 1 amide bonds. The zero-order valence-corrected chi connectivity index (χ0v) is 16.8. The lowest BCUT2D eigenvalue weighted by molar-refractivity contribution is -0.116. The van der Waals surface area contributed by atoms with Gasteiger partial charge in [0.25, 0.3) is 0 Å². The number of amides is 1. The summed E-state index contributed by atoms with van der Waals surface area (Å²) in [6.07, 6.45) is 10.2. The molecule has 1 saturated carbocycles. The summed E-state index contributed by atoms with van der Waals surface area (Å²) < 4.78 is 2.35. The lowest BCUT2D eigenvalue weighted by atomic mass is 9.89. The van der Waals surface area contributed by atoms with E-state index < -0.39 is 0 Å². The van der Waals surface area contributed by atoms with Crippen LogP contribution in [0.2, 0.25) is 0 Å². The Balaban J connectivity index is 1.46. The minimum absolute atomic E-state index is 0.0853. The van der Waals surface area contributed by atoms with Crippen LogP contribution in [-0.2, 0) is 17.8 Å². The molecular formula is C25H30N2O. The van der Waals surface area contributed by atoms with Gasteiger partial charge >= 0.3 is 0 Å². The predicted molar refractivity (Wildman–Crippen MR) is 117 cm³/mol. The third-order valence-corrected chi connectivity index (χ3v) is 5.97. The van der Waals surface area contributed by atoms with Crippen LogP contribution in [0, 0.1) is 12.8 Å². The Morgan fingerprint density at radius 1 is 1.07 bits per heavy atom. The van der Waals surface area contributed by atoms with E-state index in [1.807, 2.05) is 0 Å². The topological polar surface area (TPSA) is 34.0 Å². The quantitative estimate of drug-likeness (QED) is 0.555. The highest BCUT2D eigenvalue weighted by Crippen LogP contribution is 2.30. The van der Waals surface area contributed by atoms with E-state index in [2.05, 4.69) is 71.5 Å². The van der Waals surface area contributed by atoms with Gasteiger partial charge < -0.3 is 9.88 Å². The minimum atomic E-state index is 0.0853. The number of benzene rings is 2. The number of aromatic nitrogens is 1. The molecule has 3 nitrogen and oxygen atoms in total. The van der Waals surface area contributed by atoms with Gasteiger partial charge in [-0.05, 0) is 43.7 Å². The van der Waals surface area contributed by atoms with Crippen molar-refractivity contribution < 1.29 is 4.79 Å². The van der Waals surface area contributed by atoms with Crippen LogP contribution in [0.15, 0.2) is 54.7 Å². The number of carbonyl (C=O) groups is 1. The van der Waals surface area contributed by atoms with Gasteiger partial charge in [-0.3, -0.25) is 4.79 Å². The molecule has 0 bridgehead atoms. The molecular weight excluding hydrogens is 344 g/mol. The molecule has 1 aliphatic carbocycles. The van der Waals surface area contributed by atoms with E-state index in [9.17, 15) is 4.79 Å². The zero-order chi connectivity index (χ0) is 19.3. The van der Waals surface area contributed by atoms with Crippen LogP contribution in [0.3, 0.4) is 0 Å². The summed E-state index contributed by atoms with van der Waals surface area (Å²) in [4.78, 5) is 12.6. The zero-order valence-electron chi connectivity index (χ0n) is 16.8. The fourth-order valence-electron chi connectivity index (χ4n) is 4.48. The molecule has 3 heteroatoms. The molecule has 0 saturated heterocycles. The second-order valence-corrected chi connectivity index (χ2v) is 8.25. The number of aryl methyl sites for hydroxylation is 2. The smallest absolute Gasteiger partial charge is 0.224 e. The van der Waals surface area contributed by atoms with Crippen molar-refractivity contribution in [3.63, 3.8) is 0 Å². The maximum Gasteiger partial charge on any atom is 0.224 e. The van der Waals surface area contributed by atoms with Crippen molar-refractivity contribution in [2.24, 2.45) is 5.92 Å². The van der Waals surface area contributed by atoms with E-state index in [4.69, 9.17) is 0 Å². The first-order valence-corrected chi connectivity index (χ1v) is 10.6. The first-order chi connectivity index (χ1) is 13.7. The highest BCUT2D eigenvalue weighted by molar-refractivity contribution is 6.01. The van der Waals surface area contributed by atoms with E-state index in [1.54, 1.807) is 0 Å². The van der Waals surface area contributed by atoms with Crippen molar-refractivity contribution in [2.45, 2.75) is 58.4 Å². The summed E-state index contributed by atoms with van der Waals surface area (Å²) in [6.45, 7) is 3.14. The normalized spacial score (nSPS) is 15.0. The van der Waals surface area contributed by atoms with Gasteiger partial charge in [-0.1, -0.05) is 67.3 Å². The maximum absolute atomic E-state index is 12.6. The molecule has 0 atom stereocenters. The molecule has 0 spiro atoms. The standard InChI is InChI=1S/C25H30N2O/c1-19-8-7-11-20(16-19)14-15-25(28)26-23-18-27(17-21-9-3-2-4-10-21)24-13-6-5-12-22(23)24/h5-8,11-13,16,18,21H,2-4,9-10,14-15,17H2,1H3,(H,26,28). The minimum Gasteiger partial charge on any atom is -0.345 e. The van der Waals surface area contributed by atoms with Crippen LogP contribution >= 0.6 is 0 Å². The summed E-state index contributed by atoms with van der Waals surface area (Å²) in [5.41, 5.74) is 4.63. The number of nitrogens with zero attached hydrogens (tertiary/aromatic N) is 1. The summed E-state index contributed by atoms with van der Waals surface area (Å²) in [5.74, 6) is 0.844. The van der Waals surface area contributed by atoms with E-state index in [1.165, 1.54) is 48.7 Å². The van der Waals surface area contributed by atoms with Gasteiger partial charge in [0.15, 0.2) is 0 Å². The molecule has 1 aromatic heterocycles. The number of para-hydroxylation sites is 1. The van der Waals surface area contributed by atoms with E-state index in [0.717, 1.165) is 30.0 Å². The maximum atomic E-state index is 12.6. The first-order valence-electron chi connectivity index (χ1n) is 10.6. The molecule has 0 unspecified atom stereocenters. The number of anilines is 1. The fraction of sp³-hybridized carbons (Fsp3) is 0.400. The summed E-state index contributed by atoms with van der Waals surface area (Å²) in [5, 5.41) is 4.31. The average Bonchev–Trinajstić information content (AvgIpc) is 3.05. The molecule has 2 aromatic carbocycles. The Kier molecular flexibility index (Phi) is 5.80. The highest BCUT2D eigenvalue weighted by Gasteiger charge is 2.17. The van der Waals surface area contributed by atoms with Crippen molar-refractivity contribution in [1.29, 1.82) is 0 Å². The Morgan fingerprint density at radius 2 is 1.89 bits per heavy atom. The van der Waals surface area contributed by atoms with Crippen molar-refractivity contribution in [2.75, 3.05) is 5.32 Å². The van der Waals surface area contributed by atoms with Crippen LogP contribution < -0.4 is 5.32 Å². The van der Waals surface area contributed by atoms with E-state index >= 15 is 0 Å². The van der Waals surface area contributed by atoms with Gasteiger partial charge in [0.2, 0.25) is 5.91 Å². The van der Waals surface area contributed by atoms with Crippen molar-refractivity contribution in [1.82, 2.24) is 4.57 Å². The molecule has 1 N–H and O–H groups in total.